The van der Waals surface area contributed by atoms with E-state index in [1.54, 1.807) is 0 Å². The molecule has 1 aromatic heterocycles. The number of hydrogen-bond donors (Lipinski definition) is 0. The zero-order valence-electron chi connectivity index (χ0n) is 9.99. The Bertz CT molecular complexity index is 459. The van der Waals surface area contributed by atoms with Crippen molar-refractivity contribution in [1.29, 1.82) is 0 Å². The van der Waals surface area contributed by atoms with E-state index in [1.165, 1.54) is 18.4 Å². The number of aryl methyl sites for hydroxylation is 1. The first kappa shape index (κ1) is 12.1. The van der Waals surface area contributed by atoms with Gasteiger partial charge < -0.3 is 0 Å². The molecule has 2 rings (SSSR count). The summed E-state index contributed by atoms with van der Waals surface area (Å²) in [5.74, 6) is 0. The van der Waals surface area contributed by atoms with Gasteiger partial charge in [0.15, 0.2) is 0 Å². The highest BCUT2D eigenvalue weighted by Crippen LogP contribution is 2.19. The third-order valence-electron chi connectivity index (χ3n) is 2.78. The van der Waals surface area contributed by atoms with Gasteiger partial charge in [-0.05, 0) is 36.6 Å². The number of unbranched alkanes of at least 4 members (excludes halogenated alkanes) is 1. The van der Waals surface area contributed by atoms with Gasteiger partial charge in [0.2, 0.25) is 0 Å². The maximum Gasteiger partial charge on any atom is 0.0702 e. The maximum absolute atomic E-state index is 5.86. The molecule has 88 valence electrons. The minimum atomic E-state index is 0.758. The summed E-state index contributed by atoms with van der Waals surface area (Å²) in [6, 6.07) is 12.0. The SMILES string of the molecule is CCCCc1ccc(-c2ccc(Cl)cc2)nc1. The lowest BCUT2D eigenvalue weighted by molar-refractivity contribution is 0.792. The predicted octanol–water partition coefficient (Wildman–Crippen LogP) is 4.74. The number of pyridine rings is 1. The average molecular weight is 246 g/mol. The van der Waals surface area contributed by atoms with E-state index in [0.29, 0.717) is 0 Å². The molecular formula is C15H16ClN. The second kappa shape index (κ2) is 5.83. The molecule has 0 amide bonds. The Morgan fingerprint density at radius 2 is 1.82 bits per heavy atom. The van der Waals surface area contributed by atoms with Crippen molar-refractivity contribution in [3.05, 3.63) is 53.2 Å². The summed E-state index contributed by atoms with van der Waals surface area (Å²) in [5, 5.41) is 0.758. The van der Waals surface area contributed by atoms with E-state index >= 15 is 0 Å². The van der Waals surface area contributed by atoms with Crippen LogP contribution in [0, 0.1) is 0 Å². The molecule has 2 heteroatoms. The highest BCUT2D eigenvalue weighted by Gasteiger charge is 1.99. The highest BCUT2D eigenvalue weighted by atomic mass is 35.5. The van der Waals surface area contributed by atoms with Gasteiger partial charge in [-0.15, -0.1) is 0 Å². The topological polar surface area (TPSA) is 12.9 Å². The van der Waals surface area contributed by atoms with Crippen LogP contribution in [0.3, 0.4) is 0 Å². The Hall–Kier alpha value is -1.34. The second-order valence-corrected chi connectivity index (χ2v) is 4.60. The maximum atomic E-state index is 5.86. The molecule has 1 aromatic carbocycles. The molecule has 0 radical (unpaired) electrons. The Labute approximate surface area is 107 Å². The molecule has 0 N–H and O–H groups in total. The van der Waals surface area contributed by atoms with Crippen LogP contribution in [-0.4, -0.2) is 4.98 Å². The first-order valence-electron chi connectivity index (χ1n) is 6.00. The van der Waals surface area contributed by atoms with Crippen LogP contribution >= 0.6 is 11.6 Å². The lowest BCUT2D eigenvalue weighted by Crippen LogP contribution is -1.88. The van der Waals surface area contributed by atoms with Crippen molar-refractivity contribution in [3.63, 3.8) is 0 Å². The number of hydrogen-bond acceptors (Lipinski definition) is 1. The van der Waals surface area contributed by atoms with Crippen molar-refractivity contribution in [2.75, 3.05) is 0 Å². The second-order valence-electron chi connectivity index (χ2n) is 4.16. The zero-order chi connectivity index (χ0) is 12.1. The summed E-state index contributed by atoms with van der Waals surface area (Å²) in [6.07, 6.45) is 5.53. The van der Waals surface area contributed by atoms with Gasteiger partial charge in [-0.3, -0.25) is 4.98 Å². The van der Waals surface area contributed by atoms with Crippen LogP contribution in [-0.2, 0) is 6.42 Å². The summed E-state index contributed by atoms with van der Waals surface area (Å²) in [4.78, 5) is 4.49. The van der Waals surface area contributed by atoms with Crippen molar-refractivity contribution in [2.45, 2.75) is 26.2 Å². The molecule has 0 atom stereocenters. The van der Waals surface area contributed by atoms with E-state index in [9.17, 15) is 0 Å². The summed E-state index contributed by atoms with van der Waals surface area (Å²) >= 11 is 5.86. The summed E-state index contributed by atoms with van der Waals surface area (Å²) in [6.45, 7) is 2.20. The van der Waals surface area contributed by atoms with Gasteiger partial charge in [-0.1, -0.05) is 43.1 Å². The van der Waals surface area contributed by atoms with E-state index < -0.39 is 0 Å². The highest BCUT2D eigenvalue weighted by molar-refractivity contribution is 6.30. The smallest absolute Gasteiger partial charge is 0.0702 e. The first-order valence-corrected chi connectivity index (χ1v) is 6.38. The van der Waals surface area contributed by atoms with Crippen molar-refractivity contribution in [1.82, 2.24) is 4.98 Å². The fourth-order valence-electron chi connectivity index (χ4n) is 1.74. The quantitative estimate of drug-likeness (QED) is 0.758. The molecule has 17 heavy (non-hydrogen) atoms. The molecule has 0 saturated heterocycles. The molecule has 0 aliphatic carbocycles. The van der Waals surface area contributed by atoms with Crippen LogP contribution in [0.25, 0.3) is 11.3 Å². The van der Waals surface area contributed by atoms with Crippen LogP contribution in [0.2, 0.25) is 5.02 Å². The number of nitrogens with zero attached hydrogens (tertiary/aromatic N) is 1. The van der Waals surface area contributed by atoms with Crippen molar-refractivity contribution >= 4 is 11.6 Å². The molecular weight excluding hydrogens is 230 g/mol. The van der Waals surface area contributed by atoms with Crippen LogP contribution in [0.4, 0.5) is 0 Å². The Morgan fingerprint density at radius 3 is 2.41 bits per heavy atom. The van der Waals surface area contributed by atoms with Crippen LogP contribution in [0.1, 0.15) is 25.3 Å². The zero-order valence-corrected chi connectivity index (χ0v) is 10.7. The fraction of sp³-hybridized carbons (Fsp3) is 0.267. The van der Waals surface area contributed by atoms with Gasteiger partial charge in [0.05, 0.1) is 5.69 Å². The third-order valence-corrected chi connectivity index (χ3v) is 3.04. The van der Waals surface area contributed by atoms with Crippen molar-refractivity contribution in [3.8, 4) is 11.3 Å². The lowest BCUT2D eigenvalue weighted by Gasteiger charge is -2.03. The van der Waals surface area contributed by atoms with Crippen LogP contribution in [0.5, 0.6) is 0 Å². The van der Waals surface area contributed by atoms with Gasteiger partial charge in [0.25, 0.3) is 0 Å². The normalized spacial score (nSPS) is 10.5. The van der Waals surface area contributed by atoms with E-state index in [0.717, 1.165) is 22.7 Å². The molecule has 0 bridgehead atoms. The summed E-state index contributed by atoms with van der Waals surface area (Å²) in [7, 11) is 0. The molecule has 0 saturated carbocycles. The Morgan fingerprint density at radius 1 is 1.06 bits per heavy atom. The molecule has 2 aromatic rings. The number of aromatic nitrogens is 1. The molecule has 1 nitrogen and oxygen atoms in total. The van der Waals surface area contributed by atoms with Crippen molar-refractivity contribution < 1.29 is 0 Å². The summed E-state index contributed by atoms with van der Waals surface area (Å²) < 4.78 is 0. The van der Waals surface area contributed by atoms with Crippen LogP contribution in [0.15, 0.2) is 42.6 Å². The van der Waals surface area contributed by atoms with Gasteiger partial charge in [0, 0.05) is 16.8 Å². The van der Waals surface area contributed by atoms with Gasteiger partial charge >= 0.3 is 0 Å². The lowest BCUT2D eigenvalue weighted by atomic mass is 10.1. The first-order chi connectivity index (χ1) is 8.29. The Kier molecular flexibility index (Phi) is 4.16. The number of rotatable bonds is 4. The van der Waals surface area contributed by atoms with E-state index in [1.807, 2.05) is 30.5 Å². The van der Waals surface area contributed by atoms with Crippen molar-refractivity contribution in [2.24, 2.45) is 0 Å². The summed E-state index contributed by atoms with van der Waals surface area (Å²) in [5.41, 5.74) is 3.42. The largest absolute Gasteiger partial charge is 0.256 e. The van der Waals surface area contributed by atoms with E-state index in [-0.39, 0.29) is 0 Å². The average Bonchev–Trinajstić information content (AvgIpc) is 2.38. The minimum Gasteiger partial charge on any atom is -0.256 e. The third kappa shape index (κ3) is 3.31. The Balaban J connectivity index is 2.14. The molecule has 1 heterocycles. The van der Waals surface area contributed by atoms with Gasteiger partial charge in [-0.25, -0.2) is 0 Å². The van der Waals surface area contributed by atoms with Gasteiger partial charge in [0.1, 0.15) is 0 Å². The molecule has 0 unspecified atom stereocenters. The minimum absolute atomic E-state index is 0.758. The molecule has 0 aliphatic rings. The molecule has 0 spiro atoms. The number of benzene rings is 1. The van der Waals surface area contributed by atoms with E-state index in [2.05, 4.69) is 24.0 Å². The monoisotopic (exact) mass is 245 g/mol. The molecule has 0 aliphatic heterocycles. The van der Waals surface area contributed by atoms with Gasteiger partial charge in [-0.2, -0.15) is 0 Å². The van der Waals surface area contributed by atoms with Crippen LogP contribution < -0.4 is 0 Å². The predicted molar refractivity (Wildman–Crippen MR) is 73.3 cm³/mol. The van der Waals surface area contributed by atoms with E-state index in [4.69, 9.17) is 11.6 Å². The molecule has 0 fully saturated rings. The fourth-order valence-corrected chi connectivity index (χ4v) is 1.87. The standard InChI is InChI=1S/C15H16ClN/c1-2-3-4-12-5-10-15(17-11-12)13-6-8-14(16)9-7-13/h5-11H,2-4H2,1H3. The number of halogens is 1.